The number of fused-ring (bicyclic) bond motifs is 1. The van der Waals surface area contributed by atoms with Crippen LogP contribution in [0, 0.1) is 18.8 Å². The number of aromatic carboxylic acids is 1. The number of para-hydroxylation sites is 1. The smallest absolute Gasteiger partial charge is 0.337 e. The van der Waals surface area contributed by atoms with Gasteiger partial charge in [-0.05, 0) is 43.2 Å². The highest BCUT2D eigenvalue weighted by molar-refractivity contribution is 6.01. The Morgan fingerprint density at radius 1 is 1.24 bits per heavy atom. The number of anilines is 1. The van der Waals surface area contributed by atoms with E-state index in [4.69, 9.17) is 0 Å². The summed E-state index contributed by atoms with van der Waals surface area (Å²) >= 11 is 0. The van der Waals surface area contributed by atoms with Crippen LogP contribution in [-0.4, -0.2) is 35.1 Å². The lowest BCUT2D eigenvalue weighted by molar-refractivity contribution is 0.0698. The summed E-state index contributed by atoms with van der Waals surface area (Å²) in [5, 5.41) is 12.0. The normalized spacial score (nSPS) is 24.0. The van der Waals surface area contributed by atoms with E-state index in [-0.39, 0.29) is 11.6 Å². The van der Waals surface area contributed by atoms with Gasteiger partial charge in [0, 0.05) is 13.1 Å². The van der Waals surface area contributed by atoms with Crippen LogP contribution in [0.25, 0.3) is 0 Å². The number of hydrogen-bond donors (Lipinski definition) is 2. The molecule has 112 valence electrons. The van der Waals surface area contributed by atoms with E-state index < -0.39 is 5.97 Å². The van der Waals surface area contributed by atoms with E-state index >= 15 is 0 Å². The van der Waals surface area contributed by atoms with Gasteiger partial charge in [0.05, 0.1) is 11.3 Å². The highest BCUT2D eigenvalue weighted by atomic mass is 16.4. The molecule has 1 aliphatic carbocycles. The molecule has 0 bridgehead atoms. The van der Waals surface area contributed by atoms with Gasteiger partial charge in [0.1, 0.15) is 0 Å². The van der Waals surface area contributed by atoms with Gasteiger partial charge in [-0.3, -0.25) is 0 Å². The first kappa shape index (κ1) is 13.9. The van der Waals surface area contributed by atoms with Gasteiger partial charge in [0.15, 0.2) is 0 Å². The molecule has 2 aliphatic rings. The van der Waals surface area contributed by atoms with E-state index in [0.29, 0.717) is 17.5 Å². The van der Waals surface area contributed by atoms with Crippen molar-refractivity contribution >= 4 is 17.7 Å². The molecule has 5 nitrogen and oxygen atoms in total. The van der Waals surface area contributed by atoms with Gasteiger partial charge >= 0.3 is 12.0 Å². The maximum atomic E-state index is 12.4. The zero-order valence-electron chi connectivity index (χ0n) is 12.1. The van der Waals surface area contributed by atoms with Crippen molar-refractivity contribution in [3.63, 3.8) is 0 Å². The Bertz CT molecular complexity index is 573. The summed E-state index contributed by atoms with van der Waals surface area (Å²) in [6, 6.07) is 4.83. The Kier molecular flexibility index (Phi) is 3.57. The third kappa shape index (κ3) is 2.60. The zero-order valence-corrected chi connectivity index (χ0v) is 12.1. The number of nitrogens with one attached hydrogen (secondary N) is 1. The van der Waals surface area contributed by atoms with Crippen LogP contribution in [-0.2, 0) is 0 Å². The van der Waals surface area contributed by atoms with Gasteiger partial charge in [-0.1, -0.05) is 18.6 Å². The van der Waals surface area contributed by atoms with Gasteiger partial charge in [-0.25, -0.2) is 9.59 Å². The van der Waals surface area contributed by atoms with Crippen LogP contribution < -0.4 is 5.32 Å². The minimum atomic E-state index is -1.02. The minimum Gasteiger partial charge on any atom is -0.478 e. The number of rotatable bonds is 2. The van der Waals surface area contributed by atoms with E-state index in [0.717, 1.165) is 18.7 Å². The molecular weight excluding hydrogens is 268 g/mol. The van der Waals surface area contributed by atoms with Gasteiger partial charge in [-0.2, -0.15) is 0 Å². The molecule has 2 amide bonds. The van der Waals surface area contributed by atoms with Gasteiger partial charge in [-0.15, -0.1) is 0 Å². The summed E-state index contributed by atoms with van der Waals surface area (Å²) in [5.74, 6) is 0.241. The van der Waals surface area contributed by atoms with Crippen LogP contribution in [0.4, 0.5) is 10.5 Å². The molecule has 2 atom stereocenters. The molecule has 0 spiro atoms. The van der Waals surface area contributed by atoms with Crippen molar-refractivity contribution in [2.75, 3.05) is 18.4 Å². The number of hydrogen-bond acceptors (Lipinski definition) is 2. The topological polar surface area (TPSA) is 69.6 Å². The third-order valence-electron chi connectivity index (χ3n) is 4.75. The quantitative estimate of drug-likeness (QED) is 0.879. The molecule has 2 fully saturated rings. The summed E-state index contributed by atoms with van der Waals surface area (Å²) in [7, 11) is 0. The number of urea groups is 1. The number of carbonyl (C=O) groups excluding carboxylic acids is 1. The first-order chi connectivity index (χ1) is 10.1. The molecule has 2 N–H and O–H groups in total. The number of amides is 2. The molecule has 1 aromatic carbocycles. The van der Waals surface area contributed by atoms with E-state index in [1.165, 1.54) is 25.3 Å². The average molecular weight is 288 g/mol. The average Bonchev–Trinajstić information content (AvgIpc) is 3.01. The van der Waals surface area contributed by atoms with Gasteiger partial charge in [0.25, 0.3) is 0 Å². The number of carboxylic acid groups (broad SMARTS) is 1. The number of nitrogens with zero attached hydrogens (tertiary/aromatic N) is 1. The fraction of sp³-hybridized carbons (Fsp3) is 0.500. The summed E-state index contributed by atoms with van der Waals surface area (Å²) < 4.78 is 0. The van der Waals surface area contributed by atoms with Crippen LogP contribution in [0.1, 0.15) is 35.2 Å². The number of aryl methyl sites for hydroxylation is 1. The van der Waals surface area contributed by atoms with Gasteiger partial charge in [0.2, 0.25) is 0 Å². The first-order valence-corrected chi connectivity index (χ1v) is 7.45. The summed E-state index contributed by atoms with van der Waals surface area (Å²) in [4.78, 5) is 25.5. The molecule has 21 heavy (non-hydrogen) atoms. The maximum absolute atomic E-state index is 12.4. The minimum absolute atomic E-state index is 0.141. The van der Waals surface area contributed by atoms with Crippen molar-refractivity contribution < 1.29 is 14.7 Å². The monoisotopic (exact) mass is 288 g/mol. The van der Waals surface area contributed by atoms with E-state index in [1.54, 1.807) is 19.1 Å². The Balaban J connectivity index is 1.75. The van der Waals surface area contributed by atoms with Crippen molar-refractivity contribution in [1.82, 2.24) is 4.90 Å². The fourth-order valence-electron chi connectivity index (χ4n) is 3.60. The second-order valence-electron chi connectivity index (χ2n) is 6.09. The molecule has 2 unspecified atom stereocenters. The predicted octanol–water partition coefficient (Wildman–Crippen LogP) is 2.96. The lowest BCUT2D eigenvalue weighted by atomic mass is 10.0. The largest absolute Gasteiger partial charge is 0.478 e. The van der Waals surface area contributed by atoms with Crippen molar-refractivity contribution in [3.8, 4) is 0 Å². The first-order valence-electron chi connectivity index (χ1n) is 7.45. The maximum Gasteiger partial charge on any atom is 0.337 e. The molecule has 3 rings (SSSR count). The number of likely N-dealkylation sites (tertiary alicyclic amines) is 1. The van der Waals surface area contributed by atoms with E-state index in [2.05, 4.69) is 5.32 Å². The molecule has 1 heterocycles. The summed E-state index contributed by atoms with van der Waals surface area (Å²) in [6.45, 7) is 3.40. The van der Waals surface area contributed by atoms with Crippen LogP contribution in [0.2, 0.25) is 0 Å². The van der Waals surface area contributed by atoms with Crippen molar-refractivity contribution in [2.45, 2.75) is 26.2 Å². The molecule has 1 aromatic rings. The number of benzene rings is 1. The molecule has 1 saturated heterocycles. The SMILES string of the molecule is Cc1cccc(C(=O)O)c1NC(=O)N1CC2CCCC2C1. The fourth-order valence-corrected chi connectivity index (χ4v) is 3.60. The lowest BCUT2D eigenvalue weighted by Gasteiger charge is -2.20. The Hall–Kier alpha value is -2.04. The van der Waals surface area contributed by atoms with Crippen LogP contribution in [0.5, 0.6) is 0 Å². The number of carbonyl (C=O) groups is 2. The molecule has 1 saturated carbocycles. The van der Waals surface area contributed by atoms with Crippen molar-refractivity contribution in [3.05, 3.63) is 29.3 Å². The standard InChI is InChI=1S/C16H20N2O3/c1-10-4-2-7-13(15(19)20)14(10)17-16(21)18-8-11-5-3-6-12(11)9-18/h2,4,7,11-12H,3,5-6,8-9H2,1H3,(H,17,21)(H,19,20). The second kappa shape index (κ2) is 5.39. The molecule has 5 heteroatoms. The molecular formula is C16H20N2O3. The Morgan fingerprint density at radius 3 is 2.52 bits per heavy atom. The molecule has 1 aliphatic heterocycles. The number of carboxylic acids is 1. The van der Waals surface area contributed by atoms with Crippen LogP contribution in [0.3, 0.4) is 0 Å². The van der Waals surface area contributed by atoms with Gasteiger partial charge < -0.3 is 15.3 Å². The van der Waals surface area contributed by atoms with E-state index in [9.17, 15) is 14.7 Å². The van der Waals surface area contributed by atoms with E-state index in [1.807, 2.05) is 4.90 Å². The summed E-state index contributed by atoms with van der Waals surface area (Å²) in [6.07, 6.45) is 3.68. The third-order valence-corrected chi connectivity index (χ3v) is 4.75. The zero-order chi connectivity index (χ0) is 15.0. The summed E-state index contributed by atoms with van der Waals surface area (Å²) in [5.41, 5.74) is 1.32. The Labute approximate surface area is 123 Å². The van der Waals surface area contributed by atoms with Crippen LogP contribution >= 0.6 is 0 Å². The van der Waals surface area contributed by atoms with Crippen LogP contribution in [0.15, 0.2) is 18.2 Å². The highest BCUT2D eigenvalue weighted by Crippen LogP contribution is 2.38. The predicted molar refractivity (Wildman–Crippen MR) is 79.6 cm³/mol. The highest BCUT2D eigenvalue weighted by Gasteiger charge is 2.38. The lowest BCUT2D eigenvalue weighted by Crippen LogP contribution is -2.34. The molecule has 0 aromatic heterocycles. The van der Waals surface area contributed by atoms with Crippen molar-refractivity contribution in [2.24, 2.45) is 11.8 Å². The molecule has 0 radical (unpaired) electrons. The Morgan fingerprint density at radius 2 is 1.90 bits per heavy atom. The second-order valence-corrected chi connectivity index (χ2v) is 6.09. The van der Waals surface area contributed by atoms with Crippen molar-refractivity contribution in [1.29, 1.82) is 0 Å².